The number of benzene rings is 2. The molecule has 0 radical (unpaired) electrons. The number of nitrogens with one attached hydrogen (secondary N) is 2. The van der Waals surface area contributed by atoms with E-state index in [1.54, 1.807) is 19.2 Å². The number of aliphatic imine (C=N–C) groups is 1. The van der Waals surface area contributed by atoms with E-state index < -0.39 is 6.10 Å². The van der Waals surface area contributed by atoms with Crippen LogP contribution in [0.4, 0.5) is 4.39 Å². The van der Waals surface area contributed by atoms with Crippen LogP contribution in [0, 0.1) is 5.82 Å². The van der Waals surface area contributed by atoms with Crippen molar-refractivity contribution in [1.82, 2.24) is 10.6 Å². The summed E-state index contributed by atoms with van der Waals surface area (Å²) in [5.74, 6) is 1.16. The van der Waals surface area contributed by atoms with Crippen LogP contribution >= 0.6 is 24.0 Å². The number of rotatable bonds is 8. The number of hydrogen-bond donors (Lipinski definition) is 3. The molecule has 0 spiro atoms. The predicted molar refractivity (Wildman–Crippen MR) is 117 cm³/mol. The van der Waals surface area contributed by atoms with Gasteiger partial charge in [-0.05, 0) is 48.7 Å². The summed E-state index contributed by atoms with van der Waals surface area (Å²) in [6.45, 7) is 3.62. The molecule has 0 bridgehead atoms. The molecule has 0 amide bonds. The molecule has 1 unspecified atom stereocenters. The minimum absolute atomic E-state index is 0. The van der Waals surface area contributed by atoms with E-state index in [2.05, 4.69) is 15.6 Å². The number of hydrogen-bond acceptors (Lipinski definition) is 3. The van der Waals surface area contributed by atoms with Gasteiger partial charge in [-0.1, -0.05) is 24.3 Å². The SMILES string of the molecule is CCNC(=NCC(O)c1ccc(F)cc1)NCCc1ccc(OC)cc1.I. The van der Waals surface area contributed by atoms with E-state index in [0.717, 1.165) is 18.7 Å². The molecule has 3 N–H and O–H groups in total. The molecule has 0 saturated heterocycles. The Balaban J connectivity index is 0.00000364. The smallest absolute Gasteiger partial charge is 0.191 e. The molecule has 0 aliphatic heterocycles. The van der Waals surface area contributed by atoms with Gasteiger partial charge in [0.1, 0.15) is 11.6 Å². The average molecular weight is 487 g/mol. The van der Waals surface area contributed by atoms with Crippen LogP contribution < -0.4 is 15.4 Å². The summed E-state index contributed by atoms with van der Waals surface area (Å²) in [5, 5.41) is 16.6. The number of aliphatic hydroxyl groups excluding tert-OH is 1. The highest BCUT2D eigenvalue weighted by Crippen LogP contribution is 2.13. The number of methoxy groups -OCH3 is 1. The second-order valence-electron chi connectivity index (χ2n) is 5.81. The summed E-state index contributed by atoms with van der Waals surface area (Å²) in [7, 11) is 1.65. The van der Waals surface area contributed by atoms with Gasteiger partial charge >= 0.3 is 0 Å². The van der Waals surface area contributed by atoms with Crippen molar-refractivity contribution in [3.8, 4) is 5.75 Å². The fourth-order valence-corrected chi connectivity index (χ4v) is 2.43. The summed E-state index contributed by atoms with van der Waals surface area (Å²) < 4.78 is 18.1. The van der Waals surface area contributed by atoms with Gasteiger partial charge in [0, 0.05) is 13.1 Å². The van der Waals surface area contributed by atoms with Crippen LogP contribution in [0.5, 0.6) is 5.75 Å². The normalized spacial score (nSPS) is 12.1. The Hall–Kier alpha value is -1.87. The lowest BCUT2D eigenvalue weighted by atomic mass is 10.1. The monoisotopic (exact) mass is 487 g/mol. The van der Waals surface area contributed by atoms with E-state index in [-0.39, 0.29) is 36.3 Å². The number of nitrogens with zero attached hydrogens (tertiary/aromatic N) is 1. The molecule has 0 aliphatic rings. The fraction of sp³-hybridized carbons (Fsp3) is 0.350. The highest BCUT2D eigenvalue weighted by molar-refractivity contribution is 14.0. The van der Waals surface area contributed by atoms with E-state index in [1.807, 2.05) is 31.2 Å². The zero-order valence-corrected chi connectivity index (χ0v) is 17.9. The molecule has 0 heterocycles. The van der Waals surface area contributed by atoms with Gasteiger partial charge in [-0.3, -0.25) is 4.99 Å². The Bertz CT molecular complexity index is 693. The summed E-state index contributed by atoms with van der Waals surface area (Å²) >= 11 is 0. The molecule has 0 fully saturated rings. The highest BCUT2D eigenvalue weighted by atomic mass is 127. The van der Waals surface area contributed by atoms with Crippen LogP contribution in [0.25, 0.3) is 0 Å². The van der Waals surface area contributed by atoms with Crippen LogP contribution in [0.2, 0.25) is 0 Å². The van der Waals surface area contributed by atoms with Crippen LogP contribution in [-0.4, -0.2) is 37.8 Å². The molecule has 27 heavy (non-hydrogen) atoms. The van der Waals surface area contributed by atoms with Crippen LogP contribution in [0.3, 0.4) is 0 Å². The molecule has 2 aromatic carbocycles. The quantitative estimate of drug-likeness (QED) is 0.304. The van der Waals surface area contributed by atoms with Crippen molar-refractivity contribution in [2.24, 2.45) is 4.99 Å². The Morgan fingerprint density at radius 2 is 1.78 bits per heavy atom. The summed E-state index contributed by atoms with van der Waals surface area (Å²) in [6.07, 6.45) is 0.0715. The van der Waals surface area contributed by atoms with Crippen molar-refractivity contribution >= 4 is 29.9 Å². The first kappa shape index (κ1) is 23.2. The largest absolute Gasteiger partial charge is 0.497 e. The van der Waals surface area contributed by atoms with Crippen molar-refractivity contribution in [2.45, 2.75) is 19.4 Å². The second kappa shape index (κ2) is 12.5. The molecule has 5 nitrogen and oxygen atoms in total. The molecule has 0 aliphatic carbocycles. The third kappa shape index (κ3) is 8.13. The van der Waals surface area contributed by atoms with Crippen molar-refractivity contribution in [1.29, 1.82) is 0 Å². The van der Waals surface area contributed by atoms with Gasteiger partial charge in [-0.25, -0.2) is 4.39 Å². The maximum absolute atomic E-state index is 13.0. The summed E-state index contributed by atoms with van der Waals surface area (Å²) in [6, 6.07) is 13.7. The first-order valence-corrected chi connectivity index (χ1v) is 8.71. The molecular formula is C20H27FIN3O2. The zero-order valence-electron chi connectivity index (χ0n) is 15.6. The van der Waals surface area contributed by atoms with Crippen molar-refractivity contribution in [3.63, 3.8) is 0 Å². The number of halogens is 2. The van der Waals surface area contributed by atoms with Gasteiger partial charge in [0.15, 0.2) is 5.96 Å². The van der Waals surface area contributed by atoms with Gasteiger partial charge in [-0.2, -0.15) is 0 Å². The lowest BCUT2D eigenvalue weighted by Gasteiger charge is -2.13. The molecule has 2 aromatic rings. The number of ether oxygens (including phenoxy) is 1. The third-order valence-corrected chi connectivity index (χ3v) is 3.89. The first-order chi connectivity index (χ1) is 12.6. The molecular weight excluding hydrogens is 460 g/mol. The highest BCUT2D eigenvalue weighted by Gasteiger charge is 2.07. The molecule has 148 valence electrons. The Morgan fingerprint density at radius 1 is 1.11 bits per heavy atom. The fourth-order valence-electron chi connectivity index (χ4n) is 2.43. The average Bonchev–Trinajstić information content (AvgIpc) is 2.67. The van der Waals surface area contributed by atoms with Gasteiger partial charge < -0.3 is 20.5 Å². The second-order valence-corrected chi connectivity index (χ2v) is 5.81. The van der Waals surface area contributed by atoms with Gasteiger partial charge in [-0.15, -0.1) is 24.0 Å². The first-order valence-electron chi connectivity index (χ1n) is 8.71. The van der Waals surface area contributed by atoms with Crippen molar-refractivity contribution < 1.29 is 14.2 Å². The van der Waals surface area contributed by atoms with E-state index in [0.29, 0.717) is 18.1 Å². The van der Waals surface area contributed by atoms with Gasteiger partial charge in [0.2, 0.25) is 0 Å². The van der Waals surface area contributed by atoms with Gasteiger partial charge in [0.25, 0.3) is 0 Å². The minimum Gasteiger partial charge on any atom is -0.497 e. The summed E-state index contributed by atoms with van der Waals surface area (Å²) in [5.41, 5.74) is 1.84. The zero-order chi connectivity index (χ0) is 18.8. The van der Waals surface area contributed by atoms with Gasteiger partial charge in [0.05, 0.1) is 19.8 Å². The van der Waals surface area contributed by atoms with E-state index in [9.17, 15) is 9.50 Å². The number of guanidine groups is 1. The number of aliphatic hydroxyl groups is 1. The predicted octanol–water partition coefficient (Wildman–Crippen LogP) is 3.28. The Morgan fingerprint density at radius 3 is 2.37 bits per heavy atom. The van der Waals surface area contributed by atoms with E-state index in [4.69, 9.17) is 4.74 Å². The van der Waals surface area contributed by atoms with Crippen LogP contribution in [0.1, 0.15) is 24.2 Å². The maximum Gasteiger partial charge on any atom is 0.191 e. The Kier molecular flexibility index (Phi) is 10.7. The maximum atomic E-state index is 13.0. The molecule has 7 heteroatoms. The summed E-state index contributed by atoms with van der Waals surface area (Å²) in [4.78, 5) is 4.40. The van der Waals surface area contributed by atoms with Crippen molar-refractivity contribution in [3.05, 3.63) is 65.5 Å². The molecule has 1 atom stereocenters. The van der Waals surface area contributed by atoms with E-state index >= 15 is 0 Å². The molecule has 0 aromatic heterocycles. The minimum atomic E-state index is -0.771. The van der Waals surface area contributed by atoms with E-state index in [1.165, 1.54) is 17.7 Å². The third-order valence-electron chi connectivity index (χ3n) is 3.89. The van der Waals surface area contributed by atoms with Crippen LogP contribution in [-0.2, 0) is 6.42 Å². The van der Waals surface area contributed by atoms with Crippen molar-refractivity contribution in [2.75, 3.05) is 26.7 Å². The molecule has 2 rings (SSSR count). The lowest BCUT2D eigenvalue weighted by molar-refractivity contribution is 0.187. The topological polar surface area (TPSA) is 65.9 Å². The van der Waals surface area contributed by atoms with Crippen LogP contribution in [0.15, 0.2) is 53.5 Å². The standard InChI is InChI=1S/C20H26FN3O2.HI/c1-3-22-20(23-13-12-15-4-10-18(26-2)11-5-15)24-14-19(25)16-6-8-17(21)9-7-16;/h4-11,19,25H,3,12-14H2,1-2H3,(H2,22,23,24);1H. The Labute approximate surface area is 177 Å². The lowest BCUT2D eigenvalue weighted by Crippen LogP contribution is -2.38. The molecule has 0 saturated carbocycles.